The Bertz CT molecular complexity index is 984. The van der Waals surface area contributed by atoms with E-state index >= 15 is 0 Å². The highest BCUT2D eigenvalue weighted by Crippen LogP contribution is 2.38. The summed E-state index contributed by atoms with van der Waals surface area (Å²) in [6.45, 7) is 11.0. The van der Waals surface area contributed by atoms with Crippen LogP contribution >= 0.6 is 0 Å². The smallest absolute Gasteiger partial charge is 0.161 e. The van der Waals surface area contributed by atoms with E-state index in [1.807, 2.05) is 0 Å². The normalized spacial score (nSPS) is 11.4. The molecule has 0 radical (unpaired) electrons. The van der Waals surface area contributed by atoms with E-state index in [-0.39, 0.29) is 0 Å². The number of nitrogens with zero attached hydrogens (tertiary/aromatic N) is 2. The van der Waals surface area contributed by atoms with Gasteiger partial charge in [-0.15, -0.1) is 0 Å². The Balaban J connectivity index is 2.25. The maximum atomic E-state index is 5.55. The van der Waals surface area contributed by atoms with E-state index in [1.54, 1.807) is 14.2 Å². The molecule has 0 spiro atoms. The Kier molecular flexibility index (Phi) is 5.97. The average Bonchev–Trinajstić information content (AvgIpc) is 3.02. The van der Waals surface area contributed by atoms with Gasteiger partial charge >= 0.3 is 0 Å². The molecule has 3 aromatic rings. The minimum Gasteiger partial charge on any atom is -0.493 e. The van der Waals surface area contributed by atoms with Crippen LogP contribution in [-0.2, 0) is 6.42 Å². The number of methoxy groups -OCH3 is 2. The molecule has 150 valence electrons. The van der Waals surface area contributed by atoms with Gasteiger partial charge in [-0.1, -0.05) is 20.8 Å². The summed E-state index contributed by atoms with van der Waals surface area (Å²) >= 11 is 0. The van der Waals surface area contributed by atoms with E-state index in [9.17, 15) is 0 Å². The molecule has 0 amide bonds. The summed E-state index contributed by atoms with van der Waals surface area (Å²) in [6.07, 6.45) is 3.19. The average molecular weight is 381 g/mol. The molecular formula is C24H32N2O2. The number of aryl methyl sites for hydroxylation is 3. The van der Waals surface area contributed by atoms with Crippen LogP contribution < -0.4 is 9.47 Å². The van der Waals surface area contributed by atoms with Crippen molar-refractivity contribution in [3.05, 3.63) is 46.6 Å². The van der Waals surface area contributed by atoms with Gasteiger partial charge in [0.2, 0.25) is 0 Å². The van der Waals surface area contributed by atoms with Crippen molar-refractivity contribution in [1.82, 2.24) is 9.61 Å². The van der Waals surface area contributed by atoms with Crippen molar-refractivity contribution in [2.45, 2.75) is 59.8 Å². The molecule has 3 rings (SSSR count). The number of hydrogen-bond acceptors (Lipinski definition) is 3. The lowest BCUT2D eigenvalue weighted by Crippen LogP contribution is -2.03. The molecule has 0 bridgehead atoms. The maximum Gasteiger partial charge on any atom is 0.161 e. The van der Waals surface area contributed by atoms with Crippen molar-refractivity contribution in [3.63, 3.8) is 0 Å². The van der Waals surface area contributed by atoms with E-state index in [0.29, 0.717) is 5.92 Å². The van der Waals surface area contributed by atoms with Crippen LogP contribution in [0.25, 0.3) is 16.8 Å². The van der Waals surface area contributed by atoms with Crippen LogP contribution in [0.3, 0.4) is 0 Å². The van der Waals surface area contributed by atoms with Gasteiger partial charge in [0.15, 0.2) is 11.5 Å². The van der Waals surface area contributed by atoms with E-state index in [1.165, 1.54) is 27.9 Å². The van der Waals surface area contributed by atoms with E-state index in [2.05, 4.69) is 63.4 Å². The molecule has 0 saturated carbocycles. The van der Waals surface area contributed by atoms with Gasteiger partial charge in [0.25, 0.3) is 0 Å². The first kappa shape index (κ1) is 20.2. The zero-order chi connectivity index (χ0) is 20.4. The van der Waals surface area contributed by atoms with Crippen molar-refractivity contribution >= 4 is 5.52 Å². The molecule has 0 N–H and O–H groups in total. The van der Waals surface area contributed by atoms with Crippen molar-refractivity contribution in [1.29, 1.82) is 0 Å². The van der Waals surface area contributed by atoms with Crippen molar-refractivity contribution in [2.75, 3.05) is 14.2 Å². The van der Waals surface area contributed by atoms with Crippen molar-refractivity contribution < 1.29 is 9.47 Å². The summed E-state index contributed by atoms with van der Waals surface area (Å²) in [4.78, 5) is 0. The zero-order valence-electron chi connectivity index (χ0n) is 18.2. The fourth-order valence-corrected chi connectivity index (χ4v) is 4.16. The fourth-order valence-electron chi connectivity index (χ4n) is 4.16. The summed E-state index contributed by atoms with van der Waals surface area (Å²) < 4.78 is 13.2. The monoisotopic (exact) mass is 380 g/mol. The van der Waals surface area contributed by atoms with Crippen LogP contribution in [0.15, 0.2) is 24.3 Å². The number of fused-ring (bicyclic) bond motifs is 1. The predicted octanol–water partition coefficient (Wildman–Crippen LogP) is 6.10. The standard InChI is InChI=1S/C24H32N2O2/c1-8-17(9-2)19-12-16(5)26-21(19)11-15(4)24(25-26)20-14-23(28-7)22(27-6)13-18(20)10-3/h11-14,17H,8-10H2,1-7H3. The van der Waals surface area contributed by atoms with Crippen LogP contribution in [0, 0.1) is 13.8 Å². The molecule has 0 fully saturated rings. The highest BCUT2D eigenvalue weighted by atomic mass is 16.5. The van der Waals surface area contributed by atoms with Gasteiger partial charge < -0.3 is 9.47 Å². The summed E-state index contributed by atoms with van der Waals surface area (Å²) in [7, 11) is 3.35. The molecular weight excluding hydrogens is 348 g/mol. The molecule has 4 heteroatoms. The van der Waals surface area contributed by atoms with Crippen molar-refractivity contribution in [2.24, 2.45) is 0 Å². The lowest BCUT2D eigenvalue weighted by Gasteiger charge is -2.16. The van der Waals surface area contributed by atoms with Crippen LogP contribution in [0.2, 0.25) is 0 Å². The fraction of sp³-hybridized carbons (Fsp3) is 0.458. The number of aromatic nitrogens is 2. The Hall–Kier alpha value is -2.49. The Labute approximate surface area is 168 Å². The minimum atomic E-state index is 0.572. The van der Waals surface area contributed by atoms with Gasteiger partial charge in [-0.05, 0) is 80.0 Å². The summed E-state index contributed by atoms with van der Waals surface area (Å²) in [6, 6.07) is 8.72. The first-order valence-electron chi connectivity index (χ1n) is 10.2. The molecule has 2 aromatic heterocycles. The van der Waals surface area contributed by atoms with Gasteiger partial charge in [-0.2, -0.15) is 5.10 Å². The van der Waals surface area contributed by atoms with Gasteiger partial charge in [-0.25, -0.2) is 4.52 Å². The van der Waals surface area contributed by atoms with Crippen LogP contribution in [0.5, 0.6) is 11.5 Å². The highest BCUT2D eigenvalue weighted by molar-refractivity contribution is 5.73. The van der Waals surface area contributed by atoms with Crippen LogP contribution in [0.4, 0.5) is 0 Å². The third-order valence-electron chi connectivity index (χ3n) is 5.82. The molecule has 0 aliphatic carbocycles. The first-order chi connectivity index (χ1) is 13.5. The van der Waals surface area contributed by atoms with Gasteiger partial charge in [0, 0.05) is 11.3 Å². The largest absolute Gasteiger partial charge is 0.493 e. The topological polar surface area (TPSA) is 35.8 Å². The molecule has 28 heavy (non-hydrogen) atoms. The Morgan fingerprint density at radius 3 is 2.14 bits per heavy atom. The molecule has 0 aliphatic heterocycles. The molecule has 0 saturated heterocycles. The molecule has 0 aliphatic rings. The lowest BCUT2D eigenvalue weighted by atomic mass is 9.94. The maximum absolute atomic E-state index is 5.55. The Morgan fingerprint density at radius 2 is 1.57 bits per heavy atom. The number of ether oxygens (including phenoxy) is 2. The van der Waals surface area contributed by atoms with Gasteiger partial charge in [-0.3, -0.25) is 0 Å². The van der Waals surface area contributed by atoms with Gasteiger partial charge in [0.1, 0.15) is 0 Å². The SMILES string of the molecule is CCc1cc(OC)c(OC)cc1-c1nn2c(C)cc(C(CC)CC)c2cc1C. The van der Waals surface area contributed by atoms with Crippen molar-refractivity contribution in [3.8, 4) is 22.8 Å². The summed E-state index contributed by atoms with van der Waals surface area (Å²) in [5.41, 5.74) is 8.31. The van der Waals surface area contributed by atoms with Crippen LogP contribution in [0.1, 0.15) is 61.9 Å². The molecule has 0 unspecified atom stereocenters. The van der Waals surface area contributed by atoms with E-state index in [4.69, 9.17) is 14.6 Å². The number of benzene rings is 1. The quantitative estimate of drug-likeness (QED) is 0.497. The summed E-state index contributed by atoms with van der Waals surface area (Å²) in [5, 5.41) is 5.08. The molecule has 1 aromatic carbocycles. The van der Waals surface area contributed by atoms with E-state index in [0.717, 1.165) is 42.0 Å². The third kappa shape index (κ3) is 3.36. The third-order valence-corrected chi connectivity index (χ3v) is 5.82. The summed E-state index contributed by atoms with van der Waals surface area (Å²) in [5.74, 6) is 2.07. The van der Waals surface area contributed by atoms with Gasteiger partial charge in [0.05, 0.1) is 25.4 Å². The molecule has 0 atom stereocenters. The second kappa shape index (κ2) is 8.26. The zero-order valence-corrected chi connectivity index (χ0v) is 18.2. The predicted molar refractivity (Wildman–Crippen MR) is 116 cm³/mol. The Morgan fingerprint density at radius 1 is 0.929 bits per heavy atom. The lowest BCUT2D eigenvalue weighted by molar-refractivity contribution is 0.354. The van der Waals surface area contributed by atoms with Crippen LogP contribution in [-0.4, -0.2) is 23.8 Å². The highest BCUT2D eigenvalue weighted by Gasteiger charge is 2.19. The second-order valence-electron chi connectivity index (χ2n) is 7.45. The second-order valence-corrected chi connectivity index (χ2v) is 7.45. The molecule has 4 nitrogen and oxygen atoms in total. The van der Waals surface area contributed by atoms with E-state index < -0.39 is 0 Å². The number of rotatable bonds is 7. The number of hydrogen-bond donors (Lipinski definition) is 0. The minimum absolute atomic E-state index is 0.572. The molecule has 2 heterocycles. The first-order valence-corrected chi connectivity index (χ1v) is 10.2.